The van der Waals surface area contributed by atoms with Gasteiger partial charge in [0.05, 0.1) is 0 Å². The molecule has 0 amide bonds. The molecule has 0 unspecified atom stereocenters. The van der Waals surface area contributed by atoms with Crippen LogP contribution in [-0.2, 0) is 6.42 Å². The highest BCUT2D eigenvalue weighted by molar-refractivity contribution is 5.54. The van der Waals surface area contributed by atoms with Gasteiger partial charge < -0.3 is 14.8 Å². The van der Waals surface area contributed by atoms with Crippen LogP contribution in [0.1, 0.15) is 19.2 Å². The van der Waals surface area contributed by atoms with E-state index in [9.17, 15) is 5.11 Å². The van der Waals surface area contributed by atoms with Crippen molar-refractivity contribution in [1.29, 1.82) is 0 Å². The number of hydrogen-bond acceptors (Lipinski definition) is 5. The van der Waals surface area contributed by atoms with E-state index in [4.69, 9.17) is 4.42 Å². The van der Waals surface area contributed by atoms with E-state index in [0.717, 1.165) is 25.1 Å². The minimum Gasteiger partial charge on any atom is -0.508 e. The van der Waals surface area contributed by atoms with Crippen LogP contribution in [0.3, 0.4) is 0 Å². The zero-order valence-corrected chi connectivity index (χ0v) is 10.4. The summed E-state index contributed by atoms with van der Waals surface area (Å²) in [6.45, 7) is 3.95. The van der Waals surface area contributed by atoms with Crippen molar-refractivity contribution in [2.24, 2.45) is 0 Å². The van der Waals surface area contributed by atoms with Gasteiger partial charge >= 0.3 is 0 Å². The van der Waals surface area contributed by atoms with Crippen molar-refractivity contribution >= 4 is 0 Å². The Morgan fingerprint density at radius 1 is 1.28 bits per heavy atom. The Balaban J connectivity index is 1.97. The van der Waals surface area contributed by atoms with Crippen LogP contribution in [0.5, 0.6) is 5.75 Å². The Kier molecular flexibility index (Phi) is 4.30. The quantitative estimate of drug-likeness (QED) is 0.764. The lowest BCUT2D eigenvalue weighted by Gasteiger charge is -1.98. The van der Waals surface area contributed by atoms with Gasteiger partial charge in [-0.15, -0.1) is 10.2 Å². The molecule has 0 saturated carbocycles. The molecule has 2 N–H and O–H groups in total. The molecule has 0 aliphatic carbocycles. The van der Waals surface area contributed by atoms with Gasteiger partial charge in [0.1, 0.15) is 5.75 Å². The molecule has 2 aromatic rings. The maximum atomic E-state index is 9.38. The lowest BCUT2D eigenvalue weighted by atomic mass is 10.2. The lowest BCUT2D eigenvalue weighted by Crippen LogP contribution is -2.17. The van der Waals surface area contributed by atoms with E-state index >= 15 is 0 Å². The van der Waals surface area contributed by atoms with Crippen LogP contribution < -0.4 is 5.32 Å². The molecule has 0 saturated heterocycles. The van der Waals surface area contributed by atoms with Crippen LogP contribution in [0.2, 0.25) is 0 Å². The molecular formula is C13H17N3O2. The molecular weight excluding hydrogens is 230 g/mol. The second kappa shape index (κ2) is 6.16. The van der Waals surface area contributed by atoms with Gasteiger partial charge in [-0.05, 0) is 31.2 Å². The maximum Gasteiger partial charge on any atom is 0.247 e. The topological polar surface area (TPSA) is 71.2 Å². The summed E-state index contributed by atoms with van der Waals surface area (Å²) in [5.74, 6) is 1.24. The van der Waals surface area contributed by atoms with E-state index in [2.05, 4.69) is 22.4 Å². The smallest absolute Gasteiger partial charge is 0.247 e. The molecule has 18 heavy (non-hydrogen) atoms. The number of nitrogens with zero attached hydrogens (tertiary/aromatic N) is 2. The number of nitrogens with one attached hydrogen (secondary N) is 1. The minimum absolute atomic E-state index is 0.192. The number of benzene rings is 1. The predicted molar refractivity (Wildman–Crippen MR) is 68.3 cm³/mol. The third-order valence-corrected chi connectivity index (χ3v) is 2.50. The number of hydrogen-bond donors (Lipinski definition) is 2. The normalized spacial score (nSPS) is 10.7. The summed E-state index contributed by atoms with van der Waals surface area (Å²) < 4.78 is 5.53. The highest BCUT2D eigenvalue weighted by atomic mass is 16.4. The van der Waals surface area contributed by atoms with Crippen molar-refractivity contribution in [3.63, 3.8) is 0 Å². The first-order chi connectivity index (χ1) is 8.79. The van der Waals surface area contributed by atoms with Crippen molar-refractivity contribution in [2.75, 3.05) is 13.1 Å². The van der Waals surface area contributed by atoms with Crippen molar-refractivity contribution in [3.8, 4) is 17.2 Å². The summed E-state index contributed by atoms with van der Waals surface area (Å²) in [5.41, 5.74) is 0.732. The van der Waals surface area contributed by atoms with Gasteiger partial charge in [-0.3, -0.25) is 0 Å². The zero-order chi connectivity index (χ0) is 12.8. The first-order valence-corrected chi connectivity index (χ1v) is 6.12. The average Bonchev–Trinajstić information content (AvgIpc) is 2.83. The summed E-state index contributed by atoms with van der Waals surface area (Å²) in [5, 5.41) is 20.6. The first-order valence-electron chi connectivity index (χ1n) is 6.12. The fourth-order valence-electron chi connectivity index (χ4n) is 1.61. The van der Waals surface area contributed by atoms with Crippen molar-refractivity contribution in [2.45, 2.75) is 19.8 Å². The van der Waals surface area contributed by atoms with E-state index in [-0.39, 0.29) is 5.75 Å². The Morgan fingerprint density at radius 2 is 2.17 bits per heavy atom. The molecule has 0 aliphatic rings. The van der Waals surface area contributed by atoms with E-state index < -0.39 is 0 Å². The molecule has 1 heterocycles. The summed E-state index contributed by atoms with van der Waals surface area (Å²) in [7, 11) is 0. The summed E-state index contributed by atoms with van der Waals surface area (Å²) in [6, 6.07) is 6.78. The monoisotopic (exact) mass is 247 g/mol. The molecule has 0 radical (unpaired) electrons. The average molecular weight is 247 g/mol. The van der Waals surface area contributed by atoms with Gasteiger partial charge in [-0.25, -0.2) is 0 Å². The number of aromatic hydroxyl groups is 1. The second-order valence-corrected chi connectivity index (χ2v) is 4.05. The van der Waals surface area contributed by atoms with E-state index in [1.165, 1.54) is 0 Å². The van der Waals surface area contributed by atoms with Crippen molar-refractivity contribution < 1.29 is 9.52 Å². The van der Waals surface area contributed by atoms with Gasteiger partial charge in [0, 0.05) is 18.5 Å². The van der Waals surface area contributed by atoms with E-state index in [1.807, 2.05) is 6.07 Å². The van der Waals surface area contributed by atoms with Gasteiger partial charge in [-0.1, -0.05) is 13.0 Å². The lowest BCUT2D eigenvalue weighted by molar-refractivity contribution is 0.473. The van der Waals surface area contributed by atoms with Crippen LogP contribution in [0.15, 0.2) is 28.7 Å². The molecule has 5 heteroatoms. The van der Waals surface area contributed by atoms with Crippen molar-refractivity contribution in [1.82, 2.24) is 15.5 Å². The van der Waals surface area contributed by atoms with Gasteiger partial charge in [0.25, 0.3) is 0 Å². The van der Waals surface area contributed by atoms with Crippen LogP contribution in [0.4, 0.5) is 0 Å². The highest BCUT2D eigenvalue weighted by Gasteiger charge is 2.08. The van der Waals surface area contributed by atoms with Crippen molar-refractivity contribution in [3.05, 3.63) is 30.2 Å². The third-order valence-electron chi connectivity index (χ3n) is 2.50. The Labute approximate surface area is 106 Å². The summed E-state index contributed by atoms with van der Waals surface area (Å²) >= 11 is 0. The molecule has 96 valence electrons. The standard InChI is InChI=1S/C13H17N3O2/c1-2-7-14-8-6-12-15-16-13(18-12)10-4-3-5-11(17)9-10/h3-5,9,14,17H,2,6-8H2,1H3. The maximum absolute atomic E-state index is 9.38. The largest absolute Gasteiger partial charge is 0.508 e. The van der Waals surface area contributed by atoms with Crippen LogP contribution in [0, 0.1) is 0 Å². The number of phenolic OH excluding ortho intramolecular Hbond substituents is 1. The molecule has 0 atom stereocenters. The predicted octanol–water partition coefficient (Wildman–Crippen LogP) is 1.98. The zero-order valence-electron chi connectivity index (χ0n) is 10.4. The molecule has 0 aliphatic heterocycles. The molecule has 0 fully saturated rings. The number of rotatable bonds is 6. The molecule has 0 bridgehead atoms. The highest BCUT2D eigenvalue weighted by Crippen LogP contribution is 2.21. The fourth-order valence-corrected chi connectivity index (χ4v) is 1.61. The molecule has 2 rings (SSSR count). The van der Waals surface area contributed by atoms with E-state index in [0.29, 0.717) is 18.2 Å². The van der Waals surface area contributed by atoms with Crippen LogP contribution in [-0.4, -0.2) is 28.4 Å². The Morgan fingerprint density at radius 3 is 2.94 bits per heavy atom. The van der Waals surface area contributed by atoms with Gasteiger partial charge in [-0.2, -0.15) is 0 Å². The third kappa shape index (κ3) is 3.30. The van der Waals surface area contributed by atoms with Crippen LogP contribution >= 0.6 is 0 Å². The first kappa shape index (κ1) is 12.6. The van der Waals surface area contributed by atoms with Gasteiger partial charge in [0.15, 0.2) is 0 Å². The second-order valence-electron chi connectivity index (χ2n) is 4.05. The summed E-state index contributed by atoms with van der Waals surface area (Å²) in [4.78, 5) is 0. The fraction of sp³-hybridized carbons (Fsp3) is 0.385. The molecule has 0 spiro atoms. The molecule has 1 aromatic heterocycles. The molecule has 5 nitrogen and oxygen atoms in total. The van der Waals surface area contributed by atoms with E-state index in [1.54, 1.807) is 18.2 Å². The van der Waals surface area contributed by atoms with Crippen LogP contribution in [0.25, 0.3) is 11.5 Å². The summed E-state index contributed by atoms with van der Waals surface area (Å²) in [6.07, 6.45) is 1.82. The Hall–Kier alpha value is -1.88. The minimum atomic E-state index is 0.192. The molecule has 1 aromatic carbocycles. The SMILES string of the molecule is CCCNCCc1nnc(-c2cccc(O)c2)o1. The number of phenols is 1. The van der Waals surface area contributed by atoms with Gasteiger partial charge in [0.2, 0.25) is 11.8 Å². The Bertz CT molecular complexity index is 496. The number of aromatic nitrogens is 2.